The average Bonchev–Trinajstić information content (AvgIpc) is 3.41. The Morgan fingerprint density at radius 1 is 1.05 bits per heavy atom. The summed E-state index contributed by atoms with van der Waals surface area (Å²) in [5.74, 6) is 0.427. The van der Waals surface area contributed by atoms with Crippen LogP contribution in [0.3, 0.4) is 0 Å². The van der Waals surface area contributed by atoms with E-state index in [4.69, 9.17) is 4.74 Å². The summed E-state index contributed by atoms with van der Waals surface area (Å²) in [7, 11) is 1.63. The quantitative estimate of drug-likeness (QED) is 0.512. The van der Waals surface area contributed by atoms with E-state index >= 15 is 0 Å². The number of nitrogens with zero attached hydrogens (tertiary/aromatic N) is 2. The number of benzene rings is 3. The maximum absolute atomic E-state index is 13.6. The van der Waals surface area contributed by atoms with Crippen LogP contribution in [0.15, 0.2) is 72.8 Å². The smallest absolute Gasteiger partial charge is 0.256 e. The summed E-state index contributed by atoms with van der Waals surface area (Å²) in [6, 6.07) is 21.7. The van der Waals surface area contributed by atoms with E-state index in [9.17, 15) is 14.4 Å². The maximum atomic E-state index is 13.6. The number of anilines is 1. The summed E-state index contributed by atoms with van der Waals surface area (Å²) in [4.78, 5) is 43.4. The van der Waals surface area contributed by atoms with E-state index in [0.29, 0.717) is 29.8 Å². The molecule has 2 aliphatic heterocycles. The topological polar surface area (TPSA) is 79.0 Å². The number of methoxy groups -OCH3 is 1. The van der Waals surface area contributed by atoms with E-state index in [1.807, 2.05) is 67.6 Å². The molecule has 0 aliphatic carbocycles. The van der Waals surface area contributed by atoms with Crippen molar-refractivity contribution in [2.75, 3.05) is 18.6 Å². The van der Waals surface area contributed by atoms with Gasteiger partial charge < -0.3 is 19.9 Å². The molecule has 1 N–H and O–H groups in total. The monoisotopic (exact) mass is 497 g/mol. The average molecular weight is 498 g/mol. The molecule has 1 fully saturated rings. The molecule has 7 nitrogen and oxygen atoms in total. The molecule has 1 saturated heterocycles. The van der Waals surface area contributed by atoms with E-state index in [-0.39, 0.29) is 30.3 Å². The van der Waals surface area contributed by atoms with E-state index in [0.717, 1.165) is 29.7 Å². The van der Waals surface area contributed by atoms with Gasteiger partial charge in [0, 0.05) is 12.1 Å². The van der Waals surface area contributed by atoms with E-state index in [2.05, 4.69) is 5.32 Å². The number of ether oxygens (including phenoxy) is 1. The largest absolute Gasteiger partial charge is 0.497 e. The van der Waals surface area contributed by atoms with Crippen LogP contribution in [0.1, 0.15) is 64.1 Å². The highest BCUT2D eigenvalue weighted by Crippen LogP contribution is 2.33. The summed E-state index contributed by atoms with van der Waals surface area (Å²) >= 11 is 0. The van der Waals surface area contributed by atoms with Gasteiger partial charge in [-0.3, -0.25) is 14.4 Å². The minimum absolute atomic E-state index is 0.0730. The number of hydrogen-bond acceptors (Lipinski definition) is 4. The highest BCUT2D eigenvalue weighted by atomic mass is 16.5. The van der Waals surface area contributed by atoms with Gasteiger partial charge in [0.25, 0.3) is 11.8 Å². The summed E-state index contributed by atoms with van der Waals surface area (Å²) in [6.45, 7) is 2.91. The molecule has 0 unspecified atom stereocenters. The second-order valence-corrected chi connectivity index (χ2v) is 9.51. The number of nitrogens with one attached hydrogen (secondary N) is 1. The third-order valence-corrected chi connectivity index (χ3v) is 7.25. The Morgan fingerprint density at radius 3 is 2.59 bits per heavy atom. The Hall–Kier alpha value is -4.13. The first-order chi connectivity index (χ1) is 18.0. The first-order valence-electron chi connectivity index (χ1n) is 12.7. The van der Waals surface area contributed by atoms with Gasteiger partial charge in [0.1, 0.15) is 11.8 Å². The van der Waals surface area contributed by atoms with Crippen molar-refractivity contribution in [3.63, 3.8) is 0 Å². The molecule has 3 aromatic carbocycles. The number of amides is 3. The molecule has 2 heterocycles. The zero-order valence-electron chi connectivity index (χ0n) is 21.1. The van der Waals surface area contributed by atoms with Crippen LogP contribution in [0.25, 0.3) is 0 Å². The molecular formula is C30H31N3O4. The fourth-order valence-electron chi connectivity index (χ4n) is 5.27. The minimum Gasteiger partial charge on any atom is -0.497 e. The third kappa shape index (κ3) is 4.81. The summed E-state index contributed by atoms with van der Waals surface area (Å²) in [6.07, 6.45) is 2.23. The van der Waals surface area contributed by atoms with Gasteiger partial charge in [-0.1, -0.05) is 43.3 Å². The molecule has 0 spiro atoms. The van der Waals surface area contributed by atoms with Crippen molar-refractivity contribution in [2.45, 2.75) is 44.8 Å². The molecule has 190 valence electrons. The predicted molar refractivity (Wildman–Crippen MR) is 142 cm³/mol. The van der Waals surface area contributed by atoms with Gasteiger partial charge in [0.05, 0.1) is 30.9 Å². The lowest BCUT2D eigenvalue weighted by molar-refractivity contribution is -0.122. The fourth-order valence-corrected chi connectivity index (χ4v) is 5.27. The maximum Gasteiger partial charge on any atom is 0.256 e. The lowest BCUT2D eigenvalue weighted by atomic mass is 10.0. The van der Waals surface area contributed by atoms with Crippen molar-refractivity contribution < 1.29 is 19.1 Å². The number of fused-ring (bicyclic) bond motifs is 2. The standard InChI is InChI=1S/C30H31N3O4/c1-3-25(21-13-15-23(37-2)16-14-21)31-28(34)22-9-6-8-20(18-22)19-33-26-11-5-4-10-24(26)29(35)32-17-7-12-27(32)30(33)36/h4-6,8-11,13-16,18,25,27H,3,7,12,17,19H2,1-2H3,(H,31,34)/t25-,27-/m0/s1. The zero-order valence-corrected chi connectivity index (χ0v) is 21.1. The van der Waals surface area contributed by atoms with Crippen LogP contribution in [0.5, 0.6) is 5.75 Å². The lowest BCUT2D eigenvalue weighted by Crippen LogP contribution is -2.44. The molecule has 7 heteroatoms. The van der Waals surface area contributed by atoms with Gasteiger partial charge in [-0.05, 0) is 66.8 Å². The summed E-state index contributed by atoms with van der Waals surface area (Å²) < 4.78 is 5.24. The van der Waals surface area contributed by atoms with E-state index < -0.39 is 6.04 Å². The number of hydrogen-bond donors (Lipinski definition) is 1. The Bertz CT molecular complexity index is 1320. The summed E-state index contributed by atoms with van der Waals surface area (Å²) in [5, 5.41) is 3.13. The lowest BCUT2D eigenvalue weighted by Gasteiger charge is -2.26. The van der Waals surface area contributed by atoms with Crippen molar-refractivity contribution in [3.8, 4) is 5.75 Å². The number of carbonyl (C=O) groups excluding carboxylic acids is 3. The number of para-hydroxylation sites is 1. The van der Waals surface area contributed by atoms with Crippen LogP contribution < -0.4 is 15.0 Å². The summed E-state index contributed by atoms with van der Waals surface area (Å²) in [5.41, 5.74) is 3.52. The zero-order chi connectivity index (χ0) is 25.9. The van der Waals surface area contributed by atoms with Gasteiger partial charge in [-0.2, -0.15) is 0 Å². The second-order valence-electron chi connectivity index (χ2n) is 9.51. The van der Waals surface area contributed by atoms with Gasteiger partial charge in [0.15, 0.2) is 0 Å². The Morgan fingerprint density at radius 2 is 1.84 bits per heavy atom. The molecular weight excluding hydrogens is 466 g/mol. The minimum atomic E-state index is -0.443. The Labute approximate surface area is 217 Å². The molecule has 2 aliphatic rings. The molecule has 0 saturated carbocycles. The van der Waals surface area contributed by atoms with E-state index in [1.54, 1.807) is 29.0 Å². The van der Waals surface area contributed by atoms with E-state index in [1.165, 1.54) is 0 Å². The fraction of sp³-hybridized carbons (Fsp3) is 0.300. The van der Waals surface area contributed by atoms with Gasteiger partial charge in [-0.25, -0.2) is 0 Å². The molecule has 2 atom stereocenters. The van der Waals surface area contributed by atoms with Crippen LogP contribution >= 0.6 is 0 Å². The molecule has 3 amide bonds. The molecule has 5 rings (SSSR count). The molecule has 3 aromatic rings. The van der Waals surface area contributed by atoms with Crippen LogP contribution in [-0.2, 0) is 11.3 Å². The highest BCUT2D eigenvalue weighted by molar-refractivity contribution is 6.11. The Kier molecular flexibility index (Phi) is 6.95. The predicted octanol–water partition coefficient (Wildman–Crippen LogP) is 4.73. The first kappa shape index (κ1) is 24.6. The first-order valence-corrected chi connectivity index (χ1v) is 12.7. The van der Waals surface area contributed by atoms with Crippen LogP contribution in [-0.4, -0.2) is 42.3 Å². The van der Waals surface area contributed by atoms with Crippen molar-refractivity contribution in [3.05, 3.63) is 95.1 Å². The number of rotatable bonds is 7. The van der Waals surface area contributed by atoms with Crippen LogP contribution in [0.2, 0.25) is 0 Å². The molecule has 0 radical (unpaired) electrons. The molecule has 0 bridgehead atoms. The van der Waals surface area contributed by atoms with Crippen molar-refractivity contribution in [1.29, 1.82) is 0 Å². The molecule has 0 aromatic heterocycles. The van der Waals surface area contributed by atoms with Crippen molar-refractivity contribution in [1.82, 2.24) is 10.2 Å². The Balaban J connectivity index is 1.38. The van der Waals surface area contributed by atoms with Crippen molar-refractivity contribution in [2.24, 2.45) is 0 Å². The highest BCUT2D eigenvalue weighted by Gasteiger charge is 2.41. The van der Waals surface area contributed by atoms with Crippen LogP contribution in [0, 0.1) is 0 Å². The van der Waals surface area contributed by atoms with Gasteiger partial charge in [-0.15, -0.1) is 0 Å². The van der Waals surface area contributed by atoms with Crippen LogP contribution in [0.4, 0.5) is 5.69 Å². The van der Waals surface area contributed by atoms with Gasteiger partial charge in [0.2, 0.25) is 5.91 Å². The normalized spacial score (nSPS) is 17.6. The third-order valence-electron chi connectivity index (χ3n) is 7.25. The molecule has 37 heavy (non-hydrogen) atoms. The van der Waals surface area contributed by atoms with Crippen molar-refractivity contribution >= 4 is 23.4 Å². The second kappa shape index (κ2) is 10.5. The van der Waals surface area contributed by atoms with Gasteiger partial charge >= 0.3 is 0 Å². The number of carbonyl (C=O) groups is 3. The SMILES string of the molecule is CC[C@H](NC(=O)c1cccc(CN2C(=O)[C@@H]3CCCN3C(=O)c3ccccc32)c1)c1ccc(OC)cc1.